The first kappa shape index (κ1) is 49.1. The van der Waals surface area contributed by atoms with Gasteiger partial charge < -0.3 is 47.4 Å². The molecule has 0 bridgehead atoms. The summed E-state index contributed by atoms with van der Waals surface area (Å²) < 4.78 is 54.4. The van der Waals surface area contributed by atoms with E-state index in [1.807, 2.05) is 13.8 Å². The Morgan fingerprint density at radius 1 is 0.360 bits per heavy atom. The molecule has 0 saturated carbocycles. The second-order valence-electron chi connectivity index (χ2n) is 12.7. The van der Waals surface area contributed by atoms with Gasteiger partial charge in [0.05, 0.1) is 118 Å². The van der Waals surface area contributed by atoms with Gasteiger partial charge in [0.15, 0.2) is 0 Å². The minimum atomic E-state index is -0.127. The number of rotatable bonds is 44. The third kappa shape index (κ3) is 45.1. The average Bonchev–Trinajstić information content (AvgIpc) is 3.11. The highest BCUT2D eigenvalue weighted by Crippen LogP contribution is 2.13. The molecule has 11 heteroatoms. The number of esters is 1. The molecule has 0 atom stereocenters. The number of carbonyl (C=O) groups excluding carboxylic acids is 1. The van der Waals surface area contributed by atoms with Crippen LogP contribution in [0, 0.1) is 0 Å². The number of carbonyl (C=O) groups is 1. The maximum absolute atomic E-state index is 11.9. The van der Waals surface area contributed by atoms with Crippen molar-refractivity contribution >= 4 is 5.97 Å². The van der Waals surface area contributed by atoms with Gasteiger partial charge in [-0.3, -0.25) is 4.79 Å². The van der Waals surface area contributed by atoms with Crippen LogP contribution < -0.4 is 0 Å². The van der Waals surface area contributed by atoms with E-state index < -0.39 is 0 Å². The smallest absolute Gasteiger partial charge is 0.305 e. The summed E-state index contributed by atoms with van der Waals surface area (Å²) in [6, 6.07) is 0. The fourth-order valence-electron chi connectivity index (χ4n) is 4.91. The lowest BCUT2D eigenvalue weighted by Crippen LogP contribution is -2.15. The van der Waals surface area contributed by atoms with Crippen LogP contribution >= 0.6 is 0 Å². The summed E-state index contributed by atoms with van der Waals surface area (Å²) in [7, 11) is 0. The van der Waals surface area contributed by atoms with Crippen LogP contribution in [0.25, 0.3) is 0 Å². The molecule has 0 saturated heterocycles. The molecule has 0 spiro atoms. The van der Waals surface area contributed by atoms with E-state index in [1.165, 1.54) is 83.5 Å². The Balaban J connectivity index is 3.13. The fraction of sp³-hybridized carbons (Fsp3) is 0.974. The molecule has 50 heavy (non-hydrogen) atoms. The Hall–Kier alpha value is -0.890. The van der Waals surface area contributed by atoms with Gasteiger partial charge in [-0.2, -0.15) is 0 Å². The summed E-state index contributed by atoms with van der Waals surface area (Å²) in [5, 5.41) is 0. The van der Waals surface area contributed by atoms with Gasteiger partial charge in [-0.05, 0) is 20.3 Å². The van der Waals surface area contributed by atoms with Gasteiger partial charge in [0.1, 0.15) is 6.61 Å². The van der Waals surface area contributed by atoms with Gasteiger partial charge >= 0.3 is 5.97 Å². The lowest BCUT2D eigenvalue weighted by molar-refractivity contribution is -0.145. The molecule has 300 valence electrons. The lowest BCUT2D eigenvalue weighted by atomic mass is 10.0. The van der Waals surface area contributed by atoms with E-state index >= 15 is 0 Å². The lowest BCUT2D eigenvalue weighted by Gasteiger charge is -2.09. The number of hydrogen-bond acceptors (Lipinski definition) is 11. The Kier molecular flexibility index (Phi) is 43.5. The van der Waals surface area contributed by atoms with E-state index in [-0.39, 0.29) is 12.1 Å². The molecular formula is C39H78O11. The van der Waals surface area contributed by atoms with Crippen LogP contribution in [0.4, 0.5) is 0 Å². The van der Waals surface area contributed by atoms with E-state index in [0.717, 1.165) is 12.8 Å². The van der Waals surface area contributed by atoms with Gasteiger partial charge in [-0.25, -0.2) is 0 Å². The number of hydrogen-bond donors (Lipinski definition) is 0. The normalized spacial score (nSPS) is 11.6. The van der Waals surface area contributed by atoms with Crippen LogP contribution in [-0.4, -0.2) is 131 Å². The van der Waals surface area contributed by atoms with Crippen molar-refractivity contribution in [2.45, 2.75) is 130 Å². The zero-order valence-corrected chi connectivity index (χ0v) is 32.6. The van der Waals surface area contributed by atoms with Gasteiger partial charge in [-0.15, -0.1) is 0 Å². The van der Waals surface area contributed by atoms with Crippen LogP contribution in [0.2, 0.25) is 0 Å². The molecule has 0 amide bonds. The Morgan fingerprint density at radius 3 is 0.920 bits per heavy atom. The monoisotopic (exact) mass is 723 g/mol. The molecule has 0 aliphatic heterocycles. The summed E-state index contributed by atoms with van der Waals surface area (Å²) in [5.74, 6) is -0.127. The molecule has 0 fully saturated rings. The third-order valence-electron chi connectivity index (χ3n) is 7.76. The molecule has 0 rings (SSSR count). The van der Waals surface area contributed by atoms with E-state index in [0.29, 0.717) is 125 Å². The number of ether oxygens (including phenoxy) is 10. The Bertz CT molecular complexity index is 639. The minimum Gasteiger partial charge on any atom is -0.463 e. The summed E-state index contributed by atoms with van der Waals surface area (Å²) in [6.45, 7) is 15.3. The zero-order chi connectivity index (χ0) is 36.3. The molecule has 0 N–H and O–H groups in total. The summed E-state index contributed by atoms with van der Waals surface area (Å²) in [5.41, 5.74) is 0. The standard InChI is InChI=1S/C39H78O11/c1-4-5-6-7-8-9-10-11-12-13-14-15-16-17-18-19-39(40)50-37-35-48-33-31-46-29-27-44-25-23-42-21-20-41-22-24-43-26-28-45-30-32-47-34-36-49-38(2)3/h38H,4-37H2,1-3H3. The van der Waals surface area contributed by atoms with E-state index in [1.54, 1.807) is 0 Å². The highest BCUT2D eigenvalue weighted by molar-refractivity contribution is 5.69. The molecule has 11 nitrogen and oxygen atoms in total. The van der Waals surface area contributed by atoms with Crippen LogP contribution in [0.3, 0.4) is 0 Å². The van der Waals surface area contributed by atoms with Crippen molar-refractivity contribution in [2.24, 2.45) is 0 Å². The molecule has 0 aliphatic carbocycles. The molecular weight excluding hydrogens is 644 g/mol. The maximum Gasteiger partial charge on any atom is 0.305 e. The Labute approximate surface area is 306 Å². The summed E-state index contributed by atoms with van der Waals surface area (Å²) in [4.78, 5) is 11.9. The molecule has 0 heterocycles. The van der Waals surface area contributed by atoms with E-state index in [4.69, 9.17) is 47.4 Å². The molecule has 0 aromatic rings. The predicted molar refractivity (Wildman–Crippen MR) is 198 cm³/mol. The highest BCUT2D eigenvalue weighted by atomic mass is 16.6. The second kappa shape index (κ2) is 44.3. The predicted octanol–water partition coefficient (Wildman–Crippen LogP) is 7.35. The highest BCUT2D eigenvalue weighted by Gasteiger charge is 2.03. The molecule has 0 radical (unpaired) electrons. The molecule has 0 aromatic carbocycles. The number of unbranched alkanes of at least 4 members (excludes halogenated alkanes) is 14. The van der Waals surface area contributed by atoms with E-state index in [9.17, 15) is 4.79 Å². The van der Waals surface area contributed by atoms with Crippen molar-refractivity contribution in [2.75, 3.05) is 119 Å². The quantitative estimate of drug-likeness (QED) is 0.0465. The summed E-state index contributed by atoms with van der Waals surface area (Å²) >= 11 is 0. The van der Waals surface area contributed by atoms with Gasteiger partial charge in [0.25, 0.3) is 0 Å². The first-order valence-electron chi connectivity index (χ1n) is 20.1. The largest absolute Gasteiger partial charge is 0.463 e. The minimum absolute atomic E-state index is 0.127. The van der Waals surface area contributed by atoms with Crippen molar-refractivity contribution in [3.8, 4) is 0 Å². The van der Waals surface area contributed by atoms with Crippen LogP contribution in [-0.2, 0) is 52.2 Å². The van der Waals surface area contributed by atoms with Gasteiger partial charge in [-0.1, -0.05) is 96.8 Å². The average molecular weight is 723 g/mol. The van der Waals surface area contributed by atoms with Gasteiger partial charge in [0.2, 0.25) is 0 Å². The SMILES string of the molecule is CCCCCCCCCCCCCCCCCC(=O)OCCOCCOCCOCCOCCOCCOCCOCCOCCOC(C)C. The maximum atomic E-state index is 11.9. The zero-order valence-electron chi connectivity index (χ0n) is 32.6. The van der Waals surface area contributed by atoms with Crippen LogP contribution in [0.15, 0.2) is 0 Å². The van der Waals surface area contributed by atoms with Crippen LogP contribution in [0.1, 0.15) is 124 Å². The van der Waals surface area contributed by atoms with Crippen molar-refractivity contribution < 1.29 is 52.2 Å². The topological polar surface area (TPSA) is 109 Å². The van der Waals surface area contributed by atoms with Crippen molar-refractivity contribution in [3.05, 3.63) is 0 Å². The Morgan fingerprint density at radius 2 is 0.620 bits per heavy atom. The van der Waals surface area contributed by atoms with Crippen molar-refractivity contribution in [1.82, 2.24) is 0 Å². The molecule has 0 unspecified atom stereocenters. The first-order chi connectivity index (χ1) is 24.7. The van der Waals surface area contributed by atoms with E-state index in [2.05, 4.69) is 6.92 Å². The summed E-state index contributed by atoms with van der Waals surface area (Å²) in [6.07, 6.45) is 20.5. The van der Waals surface area contributed by atoms with Crippen LogP contribution in [0.5, 0.6) is 0 Å². The van der Waals surface area contributed by atoms with Gasteiger partial charge in [0, 0.05) is 6.42 Å². The first-order valence-corrected chi connectivity index (χ1v) is 20.1. The van der Waals surface area contributed by atoms with Crippen molar-refractivity contribution in [1.29, 1.82) is 0 Å². The fourth-order valence-corrected chi connectivity index (χ4v) is 4.91. The third-order valence-corrected chi connectivity index (χ3v) is 7.76. The van der Waals surface area contributed by atoms with Crippen molar-refractivity contribution in [3.63, 3.8) is 0 Å². The molecule has 0 aliphatic rings. The second-order valence-corrected chi connectivity index (χ2v) is 12.7. The molecule has 0 aromatic heterocycles.